The van der Waals surface area contributed by atoms with Crippen molar-refractivity contribution in [3.63, 3.8) is 0 Å². The fraction of sp³-hybridized carbons (Fsp3) is 0.500. The van der Waals surface area contributed by atoms with Crippen LogP contribution in [-0.2, 0) is 27.2 Å². The van der Waals surface area contributed by atoms with Crippen LogP contribution in [0.5, 0.6) is 0 Å². The fourth-order valence-electron chi connectivity index (χ4n) is 2.40. The Morgan fingerprint density at radius 2 is 2.10 bits per heavy atom. The van der Waals surface area contributed by atoms with E-state index in [4.69, 9.17) is 0 Å². The van der Waals surface area contributed by atoms with Crippen LogP contribution < -0.4 is 5.32 Å². The van der Waals surface area contributed by atoms with Crippen LogP contribution in [0.4, 0.5) is 0 Å². The second-order valence-electron chi connectivity index (χ2n) is 5.10. The molecule has 0 unspecified atom stereocenters. The van der Waals surface area contributed by atoms with E-state index in [-0.39, 0.29) is 11.9 Å². The Morgan fingerprint density at radius 1 is 1.29 bits per heavy atom. The zero-order valence-corrected chi connectivity index (χ0v) is 13.1. The van der Waals surface area contributed by atoms with Gasteiger partial charge in [0.05, 0.1) is 12.9 Å². The molecule has 1 aromatic carbocycles. The van der Waals surface area contributed by atoms with E-state index in [2.05, 4.69) is 28.3 Å². The van der Waals surface area contributed by atoms with Gasteiger partial charge in [0.1, 0.15) is 0 Å². The van der Waals surface area contributed by atoms with Crippen molar-refractivity contribution >= 4 is 23.6 Å². The van der Waals surface area contributed by atoms with Crippen molar-refractivity contribution in [2.45, 2.75) is 37.0 Å². The fourth-order valence-corrected chi connectivity index (χ4v) is 3.19. The summed E-state index contributed by atoms with van der Waals surface area (Å²) < 4.78 is 4.54. The van der Waals surface area contributed by atoms with Gasteiger partial charge in [0.25, 0.3) is 0 Å². The molecule has 0 atom stereocenters. The van der Waals surface area contributed by atoms with Gasteiger partial charge in [-0.1, -0.05) is 6.07 Å². The molecule has 1 aromatic rings. The average molecular weight is 307 g/mol. The number of benzene rings is 1. The lowest BCUT2D eigenvalue weighted by atomic mass is 10.1. The topological polar surface area (TPSA) is 55.4 Å². The molecule has 1 amide bonds. The zero-order chi connectivity index (χ0) is 15.1. The molecular weight excluding hydrogens is 286 g/mol. The molecular formula is C16H21NO3S. The van der Waals surface area contributed by atoms with Crippen molar-refractivity contribution in [2.24, 2.45) is 0 Å². The smallest absolute Gasteiger partial charge is 0.305 e. The standard InChI is InChI=1S/C16H21NO3S/c1-20-16(19)6-3-9-17-15(18)11-21-14-8-7-12-4-2-5-13(12)10-14/h7-8,10H,2-6,9,11H2,1H3,(H,17,18). The molecule has 2 rings (SSSR count). The van der Waals surface area contributed by atoms with Gasteiger partial charge in [-0.25, -0.2) is 0 Å². The van der Waals surface area contributed by atoms with Crippen LogP contribution in [-0.4, -0.2) is 31.3 Å². The third-order valence-corrected chi connectivity index (χ3v) is 4.54. The van der Waals surface area contributed by atoms with Crippen LogP contribution in [0.2, 0.25) is 0 Å². The van der Waals surface area contributed by atoms with Gasteiger partial charge >= 0.3 is 5.97 Å². The highest BCUT2D eigenvalue weighted by Gasteiger charge is 2.11. The van der Waals surface area contributed by atoms with Crippen molar-refractivity contribution in [1.82, 2.24) is 5.32 Å². The zero-order valence-electron chi connectivity index (χ0n) is 12.3. The first-order valence-electron chi connectivity index (χ1n) is 7.27. The average Bonchev–Trinajstić information content (AvgIpc) is 2.96. The second kappa shape index (κ2) is 8.08. The maximum Gasteiger partial charge on any atom is 0.305 e. The number of hydrogen-bond acceptors (Lipinski definition) is 4. The molecule has 0 aromatic heterocycles. The second-order valence-corrected chi connectivity index (χ2v) is 6.15. The van der Waals surface area contributed by atoms with Gasteiger partial charge in [-0.05, 0) is 48.9 Å². The number of thioether (sulfide) groups is 1. The number of hydrogen-bond donors (Lipinski definition) is 1. The van der Waals surface area contributed by atoms with Gasteiger partial charge in [-0.3, -0.25) is 9.59 Å². The SMILES string of the molecule is COC(=O)CCCNC(=O)CSc1ccc2c(c1)CCC2. The number of esters is 1. The van der Waals surface area contributed by atoms with E-state index in [1.54, 1.807) is 11.8 Å². The van der Waals surface area contributed by atoms with Gasteiger partial charge in [-0.15, -0.1) is 11.8 Å². The molecule has 0 saturated heterocycles. The molecule has 114 valence electrons. The Bertz CT molecular complexity index is 516. The first-order valence-corrected chi connectivity index (χ1v) is 8.25. The molecule has 1 aliphatic carbocycles. The van der Waals surface area contributed by atoms with Gasteiger partial charge in [0.15, 0.2) is 0 Å². The van der Waals surface area contributed by atoms with Crippen LogP contribution in [0.1, 0.15) is 30.4 Å². The predicted octanol–water partition coefficient (Wildman–Crippen LogP) is 2.34. The highest BCUT2D eigenvalue weighted by atomic mass is 32.2. The van der Waals surface area contributed by atoms with Crippen molar-refractivity contribution in [3.05, 3.63) is 29.3 Å². The lowest BCUT2D eigenvalue weighted by Gasteiger charge is -2.06. The van der Waals surface area contributed by atoms with Gasteiger partial charge in [-0.2, -0.15) is 0 Å². The van der Waals surface area contributed by atoms with Gasteiger partial charge in [0, 0.05) is 17.9 Å². The maximum atomic E-state index is 11.7. The number of methoxy groups -OCH3 is 1. The summed E-state index contributed by atoms with van der Waals surface area (Å²) in [7, 11) is 1.37. The van der Waals surface area contributed by atoms with Crippen molar-refractivity contribution in [1.29, 1.82) is 0 Å². The summed E-state index contributed by atoms with van der Waals surface area (Å²) in [5, 5.41) is 2.82. The van der Waals surface area contributed by atoms with E-state index in [1.165, 1.54) is 31.1 Å². The van der Waals surface area contributed by atoms with Crippen LogP contribution in [0.3, 0.4) is 0 Å². The number of aryl methyl sites for hydroxylation is 2. The van der Waals surface area contributed by atoms with E-state index in [9.17, 15) is 9.59 Å². The van der Waals surface area contributed by atoms with Crippen LogP contribution in [0.15, 0.2) is 23.1 Å². The Hall–Kier alpha value is -1.49. The number of nitrogens with one attached hydrogen (secondary N) is 1. The summed E-state index contributed by atoms with van der Waals surface area (Å²) in [6.45, 7) is 0.513. The molecule has 0 spiro atoms. The minimum atomic E-state index is -0.239. The molecule has 4 nitrogen and oxygen atoms in total. The van der Waals surface area contributed by atoms with Crippen molar-refractivity contribution < 1.29 is 14.3 Å². The summed E-state index contributed by atoms with van der Waals surface area (Å²) in [5.41, 5.74) is 2.88. The number of rotatable bonds is 7. The van der Waals surface area contributed by atoms with Crippen LogP contribution >= 0.6 is 11.8 Å². The Balaban J connectivity index is 1.66. The normalized spacial score (nSPS) is 12.8. The number of fused-ring (bicyclic) bond motifs is 1. The molecule has 0 radical (unpaired) electrons. The van der Waals surface area contributed by atoms with E-state index in [0.29, 0.717) is 25.1 Å². The first kappa shape index (κ1) is 15.9. The van der Waals surface area contributed by atoms with E-state index in [0.717, 1.165) is 11.3 Å². The van der Waals surface area contributed by atoms with Gasteiger partial charge < -0.3 is 10.1 Å². The van der Waals surface area contributed by atoms with E-state index in [1.807, 2.05) is 0 Å². The summed E-state index contributed by atoms with van der Waals surface area (Å²) in [4.78, 5) is 23.8. The molecule has 0 saturated carbocycles. The quantitative estimate of drug-likeness (QED) is 0.477. The molecule has 0 heterocycles. The summed E-state index contributed by atoms with van der Waals surface area (Å²) in [6.07, 6.45) is 4.53. The lowest BCUT2D eigenvalue weighted by Crippen LogP contribution is -2.26. The van der Waals surface area contributed by atoms with Crippen molar-refractivity contribution in [3.8, 4) is 0 Å². The van der Waals surface area contributed by atoms with Crippen LogP contribution in [0.25, 0.3) is 0 Å². The molecule has 0 aliphatic heterocycles. The monoisotopic (exact) mass is 307 g/mol. The largest absolute Gasteiger partial charge is 0.469 e. The lowest BCUT2D eigenvalue weighted by molar-refractivity contribution is -0.140. The third-order valence-electron chi connectivity index (χ3n) is 3.55. The summed E-state index contributed by atoms with van der Waals surface area (Å²) >= 11 is 1.56. The summed E-state index contributed by atoms with van der Waals surface area (Å²) in [5.74, 6) is 0.180. The van der Waals surface area contributed by atoms with Gasteiger partial charge in [0.2, 0.25) is 5.91 Å². The number of carbonyl (C=O) groups is 2. The molecule has 0 fully saturated rings. The third kappa shape index (κ3) is 5.08. The first-order chi connectivity index (χ1) is 10.2. The van der Waals surface area contributed by atoms with E-state index < -0.39 is 0 Å². The number of carbonyl (C=O) groups excluding carboxylic acids is 2. The Kier molecular flexibility index (Phi) is 6.11. The highest BCUT2D eigenvalue weighted by Crippen LogP contribution is 2.27. The summed E-state index contributed by atoms with van der Waals surface area (Å²) in [6, 6.07) is 6.48. The molecule has 0 bridgehead atoms. The molecule has 21 heavy (non-hydrogen) atoms. The highest BCUT2D eigenvalue weighted by molar-refractivity contribution is 8.00. The molecule has 1 aliphatic rings. The number of ether oxygens (including phenoxy) is 1. The van der Waals surface area contributed by atoms with E-state index >= 15 is 0 Å². The van der Waals surface area contributed by atoms with Crippen LogP contribution in [0, 0.1) is 0 Å². The minimum absolute atomic E-state index is 0.00497. The maximum absolute atomic E-state index is 11.7. The molecule has 1 N–H and O–H groups in total. The predicted molar refractivity (Wildman–Crippen MR) is 83.5 cm³/mol. The van der Waals surface area contributed by atoms with Crippen molar-refractivity contribution in [2.75, 3.05) is 19.4 Å². The Morgan fingerprint density at radius 3 is 2.90 bits per heavy atom. The molecule has 5 heteroatoms. The Labute approximate surface area is 129 Å². The number of amides is 1. The minimum Gasteiger partial charge on any atom is -0.469 e.